The minimum atomic E-state index is -3.44. The maximum atomic E-state index is 12.8. The van der Waals surface area contributed by atoms with Gasteiger partial charge in [-0.05, 0) is 56.4 Å². The molecule has 0 saturated heterocycles. The number of esters is 1. The Morgan fingerprint density at radius 3 is 2.34 bits per heavy atom. The molecule has 2 aliphatic carbocycles. The molecule has 0 atom stereocenters. The Kier molecular flexibility index (Phi) is 6.77. The van der Waals surface area contributed by atoms with Gasteiger partial charge in [0, 0.05) is 17.5 Å². The van der Waals surface area contributed by atoms with Gasteiger partial charge in [-0.1, -0.05) is 24.6 Å². The fourth-order valence-corrected chi connectivity index (χ4v) is 4.62. The molecule has 9 heteroatoms. The minimum absolute atomic E-state index is 0.00182. The standard InChI is InChI=1S/C26H30O9/c1-15(2)34-24(28)25(12-5-13-25)14-33-22-19(9-11-21(23(22)32-3)35-26(29,30)31)16-6-4-7-18-17(16)8-10-20(18)27/h4,6-7,9,11,15,29-31H,5,8,10,12-14H2,1-3H3. The van der Waals surface area contributed by atoms with E-state index >= 15 is 0 Å². The van der Waals surface area contributed by atoms with Gasteiger partial charge in [-0.25, -0.2) is 0 Å². The number of carbonyl (C=O) groups excluding carboxylic acids is 2. The van der Waals surface area contributed by atoms with Crippen LogP contribution in [0.4, 0.5) is 0 Å². The van der Waals surface area contributed by atoms with E-state index in [0.717, 1.165) is 17.5 Å². The number of benzene rings is 2. The lowest BCUT2D eigenvalue weighted by Gasteiger charge is -2.39. The van der Waals surface area contributed by atoms with Crippen LogP contribution in [0.1, 0.15) is 55.5 Å². The maximum absolute atomic E-state index is 12.8. The molecule has 0 radical (unpaired) electrons. The number of fused-ring (bicyclic) bond motifs is 1. The van der Waals surface area contributed by atoms with Crippen molar-refractivity contribution in [2.24, 2.45) is 5.41 Å². The number of carbonyl (C=O) groups is 2. The van der Waals surface area contributed by atoms with Gasteiger partial charge in [0.1, 0.15) is 12.0 Å². The average Bonchev–Trinajstić information content (AvgIpc) is 3.12. The Morgan fingerprint density at radius 1 is 1.03 bits per heavy atom. The van der Waals surface area contributed by atoms with Crippen LogP contribution in [0.25, 0.3) is 11.1 Å². The summed E-state index contributed by atoms with van der Waals surface area (Å²) in [7, 11) is 1.34. The first-order valence-corrected chi connectivity index (χ1v) is 11.6. The van der Waals surface area contributed by atoms with Gasteiger partial charge in [-0.3, -0.25) is 9.59 Å². The van der Waals surface area contributed by atoms with E-state index in [0.29, 0.717) is 36.8 Å². The lowest BCUT2D eigenvalue weighted by molar-refractivity contribution is -0.419. The Balaban J connectivity index is 1.78. The van der Waals surface area contributed by atoms with Crippen molar-refractivity contribution in [2.75, 3.05) is 13.7 Å². The number of ether oxygens (including phenoxy) is 4. The van der Waals surface area contributed by atoms with Crippen LogP contribution in [-0.4, -0.2) is 53.1 Å². The summed E-state index contributed by atoms with van der Waals surface area (Å²) in [5.41, 5.74) is 2.03. The van der Waals surface area contributed by atoms with Gasteiger partial charge in [0.25, 0.3) is 0 Å². The number of hydrogen-bond donors (Lipinski definition) is 3. The van der Waals surface area contributed by atoms with Crippen LogP contribution in [0.3, 0.4) is 0 Å². The van der Waals surface area contributed by atoms with Crippen LogP contribution in [0.15, 0.2) is 30.3 Å². The van der Waals surface area contributed by atoms with Crippen LogP contribution in [-0.2, 0) is 16.0 Å². The van der Waals surface area contributed by atoms with E-state index in [-0.39, 0.29) is 41.7 Å². The molecule has 1 saturated carbocycles. The summed E-state index contributed by atoms with van der Waals surface area (Å²) < 4.78 is 22.1. The number of aliphatic hydroxyl groups is 3. The molecule has 9 nitrogen and oxygen atoms in total. The van der Waals surface area contributed by atoms with Crippen molar-refractivity contribution < 1.29 is 43.9 Å². The summed E-state index contributed by atoms with van der Waals surface area (Å²) in [6, 6.07) is 8.45. The van der Waals surface area contributed by atoms with Crippen molar-refractivity contribution in [2.45, 2.75) is 58.2 Å². The molecule has 35 heavy (non-hydrogen) atoms. The second kappa shape index (κ2) is 9.49. The Labute approximate surface area is 203 Å². The maximum Gasteiger partial charge on any atom is 0.453 e. The first-order chi connectivity index (χ1) is 16.5. The van der Waals surface area contributed by atoms with Gasteiger partial charge < -0.3 is 34.3 Å². The van der Waals surface area contributed by atoms with Crippen molar-refractivity contribution in [1.29, 1.82) is 0 Å². The first kappa shape index (κ1) is 25.0. The van der Waals surface area contributed by atoms with E-state index in [4.69, 9.17) is 18.9 Å². The second-order valence-corrected chi connectivity index (χ2v) is 9.28. The Morgan fingerprint density at radius 2 is 1.74 bits per heavy atom. The smallest absolute Gasteiger partial charge is 0.453 e. The molecule has 4 rings (SSSR count). The van der Waals surface area contributed by atoms with Crippen molar-refractivity contribution in [3.63, 3.8) is 0 Å². The van der Waals surface area contributed by atoms with E-state index in [9.17, 15) is 24.9 Å². The van der Waals surface area contributed by atoms with Crippen LogP contribution < -0.4 is 14.2 Å². The Hall–Kier alpha value is -3.14. The summed E-state index contributed by atoms with van der Waals surface area (Å²) >= 11 is 0. The first-order valence-electron chi connectivity index (χ1n) is 11.6. The predicted octanol–water partition coefficient (Wildman–Crippen LogP) is 2.96. The summed E-state index contributed by atoms with van der Waals surface area (Å²) in [5.74, 6) is -0.275. The number of methoxy groups -OCH3 is 1. The third-order valence-electron chi connectivity index (χ3n) is 6.47. The molecule has 188 valence electrons. The molecule has 0 unspecified atom stereocenters. The van der Waals surface area contributed by atoms with Crippen LogP contribution in [0, 0.1) is 5.41 Å². The fraction of sp³-hybridized carbons (Fsp3) is 0.462. The molecule has 3 N–H and O–H groups in total. The molecular formula is C26H30O9. The van der Waals surface area contributed by atoms with E-state index < -0.39 is 11.6 Å². The number of hydrogen-bond acceptors (Lipinski definition) is 9. The zero-order valence-electron chi connectivity index (χ0n) is 20.0. The molecule has 0 bridgehead atoms. The highest BCUT2D eigenvalue weighted by Crippen LogP contribution is 2.49. The highest BCUT2D eigenvalue weighted by molar-refractivity contribution is 6.02. The fourth-order valence-electron chi connectivity index (χ4n) is 4.62. The van der Waals surface area contributed by atoms with E-state index in [1.165, 1.54) is 13.2 Å². The lowest BCUT2D eigenvalue weighted by atomic mass is 9.69. The second-order valence-electron chi connectivity index (χ2n) is 9.28. The van der Waals surface area contributed by atoms with Crippen LogP contribution >= 0.6 is 0 Å². The molecule has 0 heterocycles. The molecule has 2 aromatic carbocycles. The SMILES string of the molecule is COc1c(OC(O)(O)O)ccc(-c2cccc3c2CCC3=O)c1OCC1(C(=O)OC(C)C)CCC1. The monoisotopic (exact) mass is 486 g/mol. The molecule has 0 spiro atoms. The molecule has 0 aliphatic heterocycles. The van der Waals surface area contributed by atoms with E-state index in [1.54, 1.807) is 32.0 Å². The summed E-state index contributed by atoms with van der Waals surface area (Å²) in [6.45, 7) is 3.58. The molecule has 0 amide bonds. The van der Waals surface area contributed by atoms with E-state index in [1.807, 2.05) is 6.07 Å². The summed E-state index contributed by atoms with van der Waals surface area (Å²) in [4.78, 5) is 25.2. The number of ketones is 1. The Bertz CT molecular complexity index is 1130. The van der Waals surface area contributed by atoms with Crippen molar-refractivity contribution >= 4 is 11.8 Å². The van der Waals surface area contributed by atoms with Crippen molar-refractivity contribution in [1.82, 2.24) is 0 Å². The van der Waals surface area contributed by atoms with Crippen molar-refractivity contribution in [3.05, 3.63) is 41.5 Å². The van der Waals surface area contributed by atoms with Crippen LogP contribution in [0.2, 0.25) is 0 Å². The van der Waals surface area contributed by atoms with Crippen molar-refractivity contribution in [3.8, 4) is 28.4 Å². The molecule has 1 fully saturated rings. The summed E-state index contributed by atoms with van der Waals surface area (Å²) in [5, 5.41) is 28.1. The normalized spacial score (nSPS) is 16.5. The average molecular weight is 487 g/mol. The zero-order chi connectivity index (χ0) is 25.4. The summed E-state index contributed by atoms with van der Waals surface area (Å²) in [6.07, 6.45) is -0.653. The quantitative estimate of drug-likeness (QED) is 0.361. The molecule has 0 aromatic heterocycles. The van der Waals surface area contributed by atoms with Gasteiger partial charge in [0.05, 0.1) is 13.2 Å². The van der Waals surface area contributed by atoms with Crippen LogP contribution in [0.5, 0.6) is 17.2 Å². The third-order valence-corrected chi connectivity index (χ3v) is 6.47. The molecule has 2 aliphatic rings. The van der Waals surface area contributed by atoms with Gasteiger partial charge in [-0.15, -0.1) is 0 Å². The predicted molar refractivity (Wildman–Crippen MR) is 124 cm³/mol. The highest BCUT2D eigenvalue weighted by atomic mass is 16.9. The highest BCUT2D eigenvalue weighted by Gasteiger charge is 2.47. The zero-order valence-corrected chi connectivity index (χ0v) is 20.0. The molecular weight excluding hydrogens is 456 g/mol. The molecule has 2 aromatic rings. The van der Waals surface area contributed by atoms with Gasteiger partial charge in [0.2, 0.25) is 5.75 Å². The van der Waals surface area contributed by atoms with Gasteiger partial charge in [-0.2, -0.15) is 0 Å². The van der Waals surface area contributed by atoms with Gasteiger partial charge >= 0.3 is 12.1 Å². The number of Topliss-reactive ketones (excluding diaryl/α,β-unsaturated/α-hetero) is 1. The van der Waals surface area contributed by atoms with Gasteiger partial charge in [0.15, 0.2) is 17.3 Å². The minimum Gasteiger partial charge on any atom is -0.490 e. The topological polar surface area (TPSA) is 132 Å². The largest absolute Gasteiger partial charge is 0.490 e. The number of rotatable bonds is 9. The van der Waals surface area contributed by atoms with E-state index in [2.05, 4.69) is 0 Å². The third kappa shape index (κ3) is 4.98. The lowest BCUT2D eigenvalue weighted by Crippen LogP contribution is -2.45.